The summed E-state index contributed by atoms with van der Waals surface area (Å²) in [6.07, 6.45) is 0.618. The summed E-state index contributed by atoms with van der Waals surface area (Å²) >= 11 is 6.48. The van der Waals surface area contributed by atoms with Crippen molar-refractivity contribution in [3.8, 4) is 5.75 Å². The number of ether oxygens (including phenoxy) is 1. The smallest absolute Gasteiger partial charge is 0.257 e. The standard InChI is InChI=1S/C29H31ClN4O2/c1-36-24-13-11-23(12-14-24)28-19-27(25-9-5-6-10-26(25)30)31-34(28)29(35)21-33-17-15-32(16-18-33)20-22-7-3-2-4-8-22/h2-14,28H,15-21H2,1H3. The van der Waals surface area contributed by atoms with E-state index in [-0.39, 0.29) is 11.9 Å². The minimum Gasteiger partial charge on any atom is -0.497 e. The number of hydrazone groups is 1. The highest BCUT2D eigenvalue weighted by molar-refractivity contribution is 6.34. The molecule has 186 valence electrons. The van der Waals surface area contributed by atoms with E-state index in [1.54, 1.807) is 12.1 Å². The number of amides is 1. The van der Waals surface area contributed by atoms with E-state index in [1.807, 2.05) is 54.6 Å². The van der Waals surface area contributed by atoms with Crippen LogP contribution in [0.4, 0.5) is 0 Å². The third kappa shape index (κ3) is 5.62. The maximum absolute atomic E-state index is 13.6. The van der Waals surface area contributed by atoms with Crippen LogP contribution in [0.3, 0.4) is 0 Å². The van der Waals surface area contributed by atoms with Crippen LogP contribution in [0.25, 0.3) is 0 Å². The van der Waals surface area contributed by atoms with Crippen LogP contribution >= 0.6 is 11.6 Å². The number of carbonyl (C=O) groups is 1. The topological polar surface area (TPSA) is 48.4 Å². The number of carbonyl (C=O) groups excluding carboxylic acids is 1. The first-order valence-corrected chi connectivity index (χ1v) is 12.8. The minimum absolute atomic E-state index is 0.00869. The van der Waals surface area contributed by atoms with Crippen molar-refractivity contribution >= 4 is 23.2 Å². The summed E-state index contributed by atoms with van der Waals surface area (Å²) in [6.45, 7) is 4.91. The van der Waals surface area contributed by atoms with Gasteiger partial charge in [-0.2, -0.15) is 5.10 Å². The number of benzene rings is 3. The lowest BCUT2D eigenvalue weighted by Crippen LogP contribution is -2.49. The normalized spacial score (nSPS) is 18.8. The fourth-order valence-electron chi connectivity index (χ4n) is 4.89. The zero-order valence-corrected chi connectivity index (χ0v) is 21.3. The van der Waals surface area contributed by atoms with Crippen LogP contribution in [0.15, 0.2) is 84.0 Å². The molecule has 1 fully saturated rings. The molecule has 7 heteroatoms. The fourth-order valence-corrected chi connectivity index (χ4v) is 5.14. The van der Waals surface area contributed by atoms with Crippen LogP contribution in [-0.4, -0.2) is 66.3 Å². The van der Waals surface area contributed by atoms with E-state index in [0.717, 1.165) is 55.3 Å². The van der Waals surface area contributed by atoms with Crippen molar-refractivity contribution in [2.24, 2.45) is 5.10 Å². The lowest BCUT2D eigenvalue weighted by Gasteiger charge is -2.35. The van der Waals surface area contributed by atoms with Gasteiger partial charge in [-0.15, -0.1) is 0 Å². The Morgan fingerprint density at radius 2 is 1.58 bits per heavy atom. The monoisotopic (exact) mass is 502 g/mol. The number of nitrogens with zero attached hydrogens (tertiary/aromatic N) is 4. The molecule has 1 amide bonds. The molecule has 0 radical (unpaired) electrons. The van der Waals surface area contributed by atoms with E-state index < -0.39 is 0 Å². The zero-order chi connectivity index (χ0) is 24.9. The molecular weight excluding hydrogens is 472 g/mol. The summed E-state index contributed by atoms with van der Waals surface area (Å²) in [6, 6.07) is 25.9. The Bertz CT molecular complexity index is 1210. The van der Waals surface area contributed by atoms with E-state index in [1.165, 1.54) is 5.56 Å². The van der Waals surface area contributed by atoms with Gasteiger partial charge < -0.3 is 4.74 Å². The first kappa shape index (κ1) is 24.5. The molecule has 2 aliphatic rings. The van der Waals surface area contributed by atoms with Crippen molar-refractivity contribution in [1.82, 2.24) is 14.8 Å². The molecule has 3 aromatic carbocycles. The number of hydrogen-bond donors (Lipinski definition) is 0. The summed E-state index contributed by atoms with van der Waals surface area (Å²) in [4.78, 5) is 18.2. The Morgan fingerprint density at radius 1 is 0.917 bits per heavy atom. The van der Waals surface area contributed by atoms with Gasteiger partial charge in [0.1, 0.15) is 5.75 Å². The average molecular weight is 503 g/mol. The van der Waals surface area contributed by atoms with Gasteiger partial charge in [0, 0.05) is 49.7 Å². The molecule has 6 nitrogen and oxygen atoms in total. The van der Waals surface area contributed by atoms with Gasteiger partial charge in [-0.05, 0) is 29.3 Å². The van der Waals surface area contributed by atoms with E-state index in [9.17, 15) is 4.79 Å². The molecule has 2 aliphatic heterocycles. The van der Waals surface area contributed by atoms with Crippen molar-refractivity contribution in [3.63, 3.8) is 0 Å². The van der Waals surface area contributed by atoms with Crippen LogP contribution in [0.5, 0.6) is 5.75 Å². The lowest BCUT2D eigenvalue weighted by molar-refractivity contribution is -0.134. The predicted molar refractivity (Wildman–Crippen MR) is 143 cm³/mol. The second-order valence-corrected chi connectivity index (χ2v) is 9.70. The largest absolute Gasteiger partial charge is 0.497 e. The van der Waals surface area contributed by atoms with Gasteiger partial charge in [-0.3, -0.25) is 14.6 Å². The summed E-state index contributed by atoms with van der Waals surface area (Å²) in [5, 5.41) is 7.11. The molecule has 0 aromatic heterocycles. The Labute approximate surface area is 217 Å². The van der Waals surface area contributed by atoms with Gasteiger partial charge in [0.25, 0.3) is 5.91 Å². The van der Waals surface area contributed by atoms with Crippen LogP contribution in [0, 0.1) is 0 Å². The molecule has 36 heavy (non-hydrogen) atoms. The van der Waals surface area contributed by atoms with Crippen molar-refractivity contribution < 1.29 is 9.53 Å². The van der Waals surface area contributed by atoms with Crippen molar-refractivity contribution in [2.75, 3.05) is 39.8 Å². The minimum atomic E-state index is -0.172. The first-order chi connectivity index (χ1) is 17.6. The maximum Gasteiger partial charge on any atom is 0.257 e. The zero-order valence-electron chi connectivity index (χ0n) is 20.5. The molecule has 1 unspecified atom stereocenters. The summed E-state index contributed by atoms with van der Waals surface area (Å²) < 4.78 is 5.32. The molecule has 0 bridgehead atoms. The van der Waals surface area contributed by atoms with E-state index in [4.69, 9.17) is 21.4 Å². The highest BCUT2D eigenvalue weighted by Gasteiger charge is 2.34. The molecule has 0 aliphatic carbocycles. The van der Waals surface area contributed by atoms with Gasteiger partial charge in [0.2, 0.25) is 0 Å². The third-order valence-corrected chi connectivity index (χ3v) is 7.25. The number of rotatable bonds is 7. The van der Waals surface area contributed by atoms with E-state index >= 15 is 0 Å². The predicted octanol–water partition coefficient (Wildman–Crippen LogP) is 4.84. The number of methoxy groups -OCH3 is 1. The average Bonchev–Trinajstić information content (AvgIpc) is 3.36. The molecule has 3 aromatic rings. The van der Waals surface area contributed by atoms with Gasteiger partial charge in [-0.25, -0.2) is 5.01 Å². The third-order valence-electron chi connectivity index (χ3n) is 6.92. The fraction of sp³-hybridized carbons (Fsp3) is 0.310. The second kappa shape index (κ2) is 11.2. The van der Waals surface area contributed by atoms with Crippen LogP contribution in [0.1, 0.15) is 29.2 Å². The summed E-state index contributed by atoms with van der Waals surface area (Å²) in [5.41, 5.74) is 4.07. The highest BCUT2D eigenvalue weighted by Crippen LogP contribution is 2.35. The van der Waals surface area contributed by atoms with Gasteiger partial charge >= 0.3 is 0 Å². The molecule has 1 saturated heterocycles. The SMILES string of the molecule is COc1ccc(C2CC(c3ccccc3Cl)=NN2C(=O)CN2CCN(Cc3ccccc3)CC2)cc1. The van der Waals surface area contributed by atoms with Gasteiger partial charge in [0.05, 0.1) is 25.4 Å². The molecule has 1 atom stereocenters. The van der Waals surface area contributed by atoms with Crippen molar-refractivity contribution in [1.29, 1.82) is 0 Å². The van der Waals surface area contributed by atoms with Crippen molar-refractivity contribution in [3.05, 3.63) is 101 Å². The Morgan fingerprint density at radius 3 is 2.28 bits per heavy atom. The van der Waals surface area contributed by atoms with Gasteiger partial charge in [0.15, 0.2) is 0 Å². The molecule has 0 saturated carbocycles. The van der Waals surface area contributed by atoms with Crippen LogP contribution in [-0.2, 0) is 11.3 Å². The molecular formula is C29H31ClN4O2. The Kier molecular flexibility index (Phi) is 7.66. The van der Waals surface area contributed by atoms with Crippen molar-refractivity contribution in [2.45, 2.75) is 19.0 Å². The lowest BCUT2D eigenvalue weighted by atomic mass is 9.98. The maximum atomic E-state index is 13.6. The first-order valence-electron chi connectivity index (χ1n) is 12.4. The van der Waals surface area contributed by atoms with E-state index in [2.05, 4.69) is 34.1 Å². The Balaban J connectivity index is 1.28. The summed E-state index contributed by atoms with van der Waals surface area (Å²) in [5.74, 6) is 0.796. The van der Waals surface area contributed by atoms with Crippen LogP contribution in [0.2, 0.25) is 5.02 Å². The number of piperazine rings is 1. The van der Waals surface area contributed by atoms with Gasteiger partial charge in [-0.1, -0.05) is 72.3 Å². The van der Waals surface area contributed by atoms with E-state index in [0.29, 0.717) is 18.0 Å². The second-order valence-electron chi connectivity index (χ2n) is 9.30. The highest BCUT2D eigenvalue weighted by atomic mass is 35.5. The molecule has 2 heterocycles. The summed E-state index contributed by atoms with van der Waals surface area (Å²) in [7, 11) is 1.65. The molecule has 0 N–H and O–H groups in total. The number of halogens is 1. The molecule has 0 spiro atoms. The quantitative estimate of drug-likeness (QED) is 0.463. The Hall–Kier alpha value is -3.19. The molecule has 5 rings (SSSR count). The number of hydrogen-bond acceptors (Lipinski definition) is 5. The van der Waals surface area contributed by atoms with Crippen LogP contribution < -0.4 is 4.74 Å².